The molecule has 2 heterocycles. The first-order valence-electron chi connectivity index (χ1n) is 8.50. The largest absolute Gasteiger partial charge is 0.301 e. The van der Waals surface area contributed by atoms with Crippen molar-refractivity contribution in [1.82, 2.24) is 9.29 Å². The van der Waals surface area contributed by atoms with Gasteiger partial charge in [-0.1, -0.05) is 24.3 Å². The van der Waals surface area contributed by atoms with Gasteiger partial charge in [0.15, 0.2) is 5.13 Å². The van der Waals surface area contributed by atoms with E-state index in [4.69, 9.17) is 0 Å². The zero-order valence-corrected chi connectivity index (χ0v) is 16.2. The molecule has 0 saturated heterocycles. The molecule has 0 fully saturated rings. The Morgan fingerprint density at radius 3 is 2.54 bits per heavy atom. The van der Waals surface area contributed by atoms with E-state index < -0.39 is 27.8 Å². The molecule has 1 aliphatic rings. The van der Waals surface area contributed by atoms with Crippen molar-refractivity contribution in [2.45, 2.75) is 23.9 Å². The number of hydrogen-bond donors (Lipinski definition) is 1. The topological polar surface area (TPSA) is 79.4 Å². The third-order valence-corrected chi connectivity index (χ3v) is 7.15. The summed E-state index contributed by atoms with van der Waals surface area (Å²) in [4.78, 5) is 16.9. The second-order valence-electron chi connectivity index (χ2n) is 6.32. The van der Waals surface area contributed by atoms with Gasteiger partial charge in [-0.2, -0.15) is 4.31 Å². The van der Waals surface area contributed by atoms with Crippen LogP contribution in [0.25, 0.3) is 0 Å². The van der Waals surface area contributed by atoms with Gasteiger partial charge in [-0.25, -0.2) is 17.8 Å². The zero-order valence-electron chi connectivity index (χ0n) is 14.6. The van der Waals surface area contributed by atoms with E-state index in [2.05, 4.69) is 10.3 Å². The summed E-state index contributed by atoms with van der Waals surface area (Å²) in [6, 6.07) is 11.1. The molecular formula is C19H16FN3O3S2. The normalized spacial score (nSPS) is 17.1. The molecule has 0 aliphatic carbocycles. The molecule has 4 rings (SSSR count). The smallest absolute Gasteiger partial charge is 0.244 e. The summed E-state index contributed by atoms with van der Waals surface area (Å²) >= 11 is 1.25. The molecule has 6 nitrogen and oxygen atoms in total. The van der Waals surface area contributed by atoms with Crippen molar-refractivity contribution in [2.75, 3.05) is 5.32 Å². The van der Waals surface area contributed by atoms with Crippen LogP contribution in [0.2, 0.25) is 0 Å². The zero-order chi connectivity index (χ0) is 19.7. The number of amides is 1. The minimum Gasteiger partial charge on any atom is -0.301 e. The molecule has 0 radical (unpaired) electrons. The second kappa shape index (κ2) is 7.42. The number of aromatic nitrogens is 1. The fourth-order valence-corrected chi connectivity index (χ4v) is 5.29. The average molecular weight is 417 g/mol. The van der Waals surface area contributed by atoms with Gasteiger partial charge in [0, 0.05) is 18.1 Å². The maximum absolute atomic E-state index is 13.3. The number of thiazole rings is 1. The average Bonchev–Trinajstić information content (AvgIpc) is 3.20. The van der Waals surface area contributed by atoms with E-state index in [9.17, 15) is 17.6 Å². The van der Waals surface area contributed by atoms with E-state index in [1.807, 2.05) is 24.3 Å². The third kappa shape index (κ3) is 3.56. The molecule has 1 aliphatic heterocycles. The lowest BCUT2D eigenvalue weighted by Gasteiger charge is -2.34. The Balaban J connectivity index is 1.72. The Morgan fingerprint density at radius 2 is 1.86 bits per heavy atom. The predicted molar refractivity (Wildman–Crippen MR) is 104 cm³/mol. The summed E-state index contributed by atoms with van der Waals surface area (Å²) in [5.74, 6) is -0.976. The molecule has 1 aromatic heterocycles. The first kappa shape index (κ1) is 18.7. The van der Waals surface area contributed by atoms with Gasteiger partial charge < -0.3 is 5.32 Å². The van der Waals surface area contributed by atoms with E-state index in [1.165, 1.54) is 27.8 Å². The highest BCUT2D eigenvalue weighted by molar-refractivity contribution is 7.89. The molecule has 144 valence electrons. The van der Waals surface area contributed by atoms with Crippen LogP contribution in [0.15, 0.2) is 65.0 Å². The number of rotatable bonds is 4. The Labute approximate surface area is 165 Å². The van der Waals surface area contributed by atoms with Crippen molar-refractivity contribution in [3.63, 3.8) is 0 Å². The predicted octanol–water partition coefficient (Wildman–Crippen LogP) is 3.04. The van der Waals surface area contributed by atoms with Crippen LogP contribution in [0, 0.1) is 5.82 Å². The van der Waals surface area contributed by atoms with Gasteiger partial charge in [-0.15, -0.1) is 11.3 Å². The number of benzene rings is 2. The van der Waals surface area contributed by atoms with Crippen molar-refractivity contribution >= 4 is 32.4 Å². The van der Waals surface area contributed by atoms with Crippen molar-refractivity contribution in [3.8, 4) is 0 Å². The minimum absolute atomic E-state index is 0.0553. The maximum Gasteiger partial charge on any atom is 0.244 e. The number of nitrogens with zero attached hydrogens (tertiary/aromatic N) is 2. The molecule has 9 heteroatoms. The van der Waals surface area contributed by atoms with E-state index in [0.717, 1.165) is 23.3 Å². The fourth-order valence-electron chi connectivity index (χ4n) is 3.19. The molecule has 0 spiro atoms. The molecule has 1 N–H and O–H groups in total. The van der Waals surface area contributed by atoms with Crippen LogP contribution in [0.1, 0.15) is 11.1 Å². The number of carbonyl (C=O) groups excluding carboxylic acids is 1. The number of halogens is 1. The van der Waals surface area contributed by atoms with Gasteiger partial charge in [0.05, 0.1) is 4.90 Å². The fraction of sp³-hybridized carbons (Fsp3) is 0.158. The van der Waals surface area contributed by atoms with Gasteiger partial charge >= 0.3 is 0 Å². The van der Waals surface area contributed by atoms with Crippen LogP contribution in [0.4, 0.5) is 9.52 Å². The number of hydrogen-bond acceptors (Lipinski definition) is 5. The Kier molecular flexibility index (Phi) is 4.96. The lowest BCUT2D eigenvalue weighted by Crippen LogP contribution is -2.50. The van der Waals surface area contributed by atoms with Crippen molar-refractivity contribution in [2.24, 2.45) is 0 Å². The highest BCUT2D eigenvalue weighted by Gasteiger charge is 2.39. The lowest BCUT2D eigenvalue weighted by molar-refractivity contribution is -0.120. The van der Waals surface area contributed by atoms with E-state index >= 15 is 0 Å². The molecule has 0 saturated carbocycles. The summed E-state index contributed by atoms with van der Waals surface area (Å²) in [5.41, 5.74) is 1.76. The minimum atomic E-state index is -4.01. The maximum atomic E-state index is 13.3. The molecule has 0 unspecified atom stereocenters. The van der Waals surface area contributed by atoms with Crippen molar-refractivity contribution in [3.05, 3.63) is 77.1 Å². The highest BCUT2D eigenvalue weighted by atomic mass is 32.2. The van der Waals surface area contributed by atoms with Crippen molar-refractivity contribution < 1.29 is 17.6 Å². The Morgan fingerprint density at radius 1 is 1.14 bits per heavy atom. The van der Waals surface area contributed by atoms with E-state index in [0.29, 0.717) is 5.13 Å². The SMILES string of the molecule is O=C(Nc1nccs1)[C@H]1Cc2ccccc2CN1S(=O)(=O)c1ccc(F)cc1. The molecule has 1 atom stereocenters. The van der Waals surface area contributed by atoms with Crippen LogP contribution >= 0.6 is 11.3 Å². The lowest BCUT2D eigenvalue weighted by atomic mass is 9.95. The second-order valence-corrected chi connectivity index (χ2v) is 9.10. The third-order valence-electron chi connectivity index (χ3n) is 4.59. The van der Waals surface area contributed by atoms with Gasteiger partial charge in [-0.05, 0) is 41.8 Å². The van der Waals surface area contributed by atoms with Crippen molar-refractivity contribution in [1.29, 1.82) is 0 Å². The van der Waals surface area contributed by atoms with E-state index in [1.54, 1.807) is 11.6 Å². The first-order valence-corrected chi connectivity index (χ1v) is 10.8. The molecule has 0 bridgehead atoms. The van der Waals surface area contributed by atoms with Gasteiger partial charge in [0.1, 0.15) is 11.9 Å². The number of fused-ring (bicyclic) bond motifs is 1. The van der Waals surface area contributed by atoms with Crippen LogP contribution in [-0.4, -0.2) is 29.7 Å². The first-order chi connectivity index (χ1) is 13.4. The number of nitrogens with one attached hydrogen (secondary N) is 1. The van der Waals surface area contributed by atoms with Gasteiger partial charge in [0.25, 0.3) is 0 Å². The van der Waals surface area contributed by atoms with Crippen LogP contribution in [0.5, 0.6) is 0 Å². The molecule has 28 heavy (non-hydrogen) atoms. The van der Waals surface area contributed by atoms with Crippen LogP contribution < -0.4 is 5.32 Å². The number of anilines is 1. The summed E-state index contributed by atoms with van der Waals surface area (Å²) in [7, 11) is -4.01. The standard InChI is InChI=1S/C19H16FN3O3S2/c20-15-5-7-16(8-6-15)28(25,26)23-12-14-4-2-1-3-13(14)11-17(23)18(24)22-19-21-9-10-27-19/h1-10,17H,11-12H2,(H,21,22,24)/t17-/m1/s1. The molecular weight excluding hydrogens is 401 g/mol. The number of sulfonamides is 1. The van der Waals surface area contributed by atoms with E-state index in [-0.39, 0.29) is 17.9 Å². The Bertz CT molecular complexity index is 1100. The summed E-state index contributed by atoms with van der Waals surface area (Å²) < 4.78 is 40.9. The summed E-state index contributed by atoms with van der Waals surface area (Å²) in [6.45, 7) is 0.0613. The van der Waals surface area contributed by atoms with Crippen LogP contribution in [-0.2, 0) is 27.8 Å². The Hall–Kier alpha value is -2.62. The van der Waals surface area contributed by atoms with Gasteiger partial charge in [-0.3, -0.25) is 4.79 Å². The number of carbonyl (C=O) groups is 1. The monoisotopic (exact) mass is 417 g/mol. The molecule has 1 amide bonds. The quantitative estimate of drug-likeness (QED) is 0.708. The highest BCUT2D eigenvalue weighted by Crippen LogP contribution is 2.30. The molecule has 3 aromatic rings. The summed E-state index contributed by atoms with van der Waals surface area (Å²) in [5, 5.41) is 4.81. The van der Waals surface area contributed by atoms with Gasteiger partial charge in [0.2, 0.25) is 15.9 Å². The molecule has 2 aromatic carbocycles. The van der Waals surface area contributed by atoms with Crippen LogP contribution in [0.3, 0.4) is 0 Å². The summed E-state index contributed by atoms with van der Waals surface area (Å²) in [6.07, 6.45) is 1.80.